The molecule has 1 saturated heterocycles. The fraction of sp³-hybridized carbons (Fsp3) is 0.560. The summed E-state index contributed by atoms with van der Waals surface area (Å²) in [7, 11) is 0. The number of aliphatic hydroxyl groups is 1. The second-order valence-electron chi connectivity index (χ2n) is 8.82. The zero-order chi connectivity index (χ0) is 23.6. The lowest BCUT2D eigenvalue weighted by molar-refractivity contribution is -0.156. The first-order valence-electron chi connectivity index (χ1n) is 11.4. The van der Waals surface area contributed by atoms with E-state index in [0.29, 0.717) is 6.42 Å². The van der Waals surface area contributed by atoms with Crippen molar-refractivity contribution < 1.29 is 24.2 Å². The SMILES string of the molecule is CCOC(=O)[C@H]1[C@H]2C(=O)N([C@H](C)CO)[C@H](C(=O)Nc3c(C)cccc3C)[C@H]2C=C[C@H]1CC. The zero-order valence-electron chi connectivity index (χ0n) is 19.5. The molecule has 1 aliphatic heterocycles. The number of carbonyl (C=O) groups excluding carboxylic acids is 3. The van der Waals surface area contributed by atoms with Crippen LogP contribution < -0.4 is 5.32 Å². The molecule has 2 amide bonds. The van der Waals surface area contributed by atoms with Crippen LogP contribution in [0.4, 0.5) is 5.69 Å². The topological polar surface area (TPSA) is 95.9 Å². The minimum atomic E-state index is -0.820. The number of allylic oxidation sites excluding steroid dienone is 1. The van der Waals surface area contributed by atoms with E-state index in [2.05, 4.69) is 5.32 Å². The van der Waals surface area contributed by atoms with Crippen molar-refractivity contribution in [1.82, 2.24) is 4.90 Å². The Hall–Kier alpha value is -2.67. The Balaban J connectivity index is 2.03. The second kappa shape index (κ2) is 9.86. The van der Waals surface area contributed by atoms with E-state index >= 15 is 0 Å². The van der Waals surface area contributed by atoms with Gasteiger partial charge >= 0.3 is 5.97 Å². The van der Waals surface area contributed by atoms with Crippen LogP contribution in [0.5, 0.6) is 0 Å². The lowest BCUT2D eigenvalue weighted by Crippen LogP contribution is -2.49. The normalized spacial score (nSPS) is 27.8. The van der Waals surface area contributed by atoms with Gasteiger partial charge in [-0.2, -0.15) is 0 Å². The van der Waals surface area contributed by atoms with Crippen molar-refractivity contribution in [1.29, 1.82) is 0 Å². The maximum atomic E-state index is 13.6. The number of aryl methyl sites for hydroxylation is 2. The van der Waals surface area contributed by atoms with E-state index < -0.39 is 35.8 Å². The van der Waals surface area contributed by atoms with Gasteiger partial charge in [0.2, 0.25) is 11.8 Å². The van der Waals surface area contributed by atoms with Crippen molar-refractivity contribution >= 4 is 23.5 Å². The van der Waals surface area contributed by atoms with Gasteiger partial charge in [-0.1, -0.05) is 37.3 Å². The number of hydrogen-bond donors (Lipinski definition) is 2. The molecule has 1 aliphatic carbocycles. The molecule has 0 radical (unpaired) electrons. The lowest BCUT2D eigenvalue weighted by Gasteiger charge is -2.33. The minimum absolute atomic E-state index is 0.133. The average molecular weight is 443 g/mol. The predicted octanol–water partition coefficient (Wildman–Crippen LogP) is 2.84. The molecular formula is C25H34N2O5. The fourth-order valence-electron chi connectivity index (χ4n) is 5.17. The van der Waals surface area contributed by atoms with Gasteiger partial charge in [0.15, 0.2) is 0 Å². The van der Waals surface area contributed by atoms with Crippen LogP contribution in [0.15, 0.2) is 30.4 Å². The van der Waals surface area contributed by atoms with Gasteiger partial charge in [-0.15, -0.1) is 0 Å². The van der Waals surface area contributed by atoms with Gasteiger partial charge in [0.25, 0.3) is 0 Å². The molecule has 0 spiro atoms. The maximum absolute atomic E-state index is 13.6. The minimum Gasteiger partial charge on any atom is -0.466 e. The van der Waals surface area contributed by atoms with Crippen LogP contribution in [-0.2, 0) is 19.1 Å². The summed E-state index contributed by atoms with van der Waals surface area (Å²) in [5.74, 6) is -2.94. The van der Waals surface area contributed by atoms with Crippen molar-refractivity contribution in [3.63, 3.8) is 0 Å². The summed E-state index contributed by atoms with van der Waals surface area (Å²) in [6, 6.07) is 4.39. The van der Waals surface area contributed by atoms with E-state index in [1.54, 1.807) is 13.8 Å². The number of rotatable bonds is 7. The molecule has 32 heavy (non-hydrogen) atoms. The highest BCUT2D eigenvalue weighted by Gasteiger charge is 2.58. The Bertz CT molecular complexity index is 891. The van der Waals surface area contributed by atoms with Crippen LogP contribution in [0.3, 0.4) is 0 Å². The number of nitrogens with zero attached hydrogens (tertiary/aromatic N) is 1. The summed E-state index contributed by atoms with van der Waals surface area (Å²) in [5.41, 5.74) is 2.57. The maximum Gasteiger partial charge on any atom is 0.310 e. The summed E-state index contributed by atoms with van der Waals surface area (Å²) in [4.78, 5) is 41.5. The number of ether oxygens (including phenoxy) is 1. The Labute approximate surface area is 189 Å². The van der Waals surface area contributed by atoms with Gasteiger partial charge in [0.05, 0.1) is 31.1 Å². The Kier molecular flexibility index (Phi) is 7.39. The molecule has 2 aliphatic rings. The largest absolute Gasteiger partial charge is 0.466 e. The molecule has 0 bridgehead atoms. The number of amides is 2. The van der Waals surface area contributed by atoms with Crippen LogP contribution in [0, 0.1) is 37.5 Å². The molecule has 7 heteroatoms. The first-order valence-corrected chi connectivity index (χ1v) is 11.4. The predicted molar refractivity (Wildman–Crippen MR) is 122 cm³/mol. The number of benzene rings is 1. The summed E-state index contributed by atoms with van der Waals surface area (Å²) >= 11 is 0. The molecule has 1 aromatic carbocycles. The molecule has 174 valence electrons. The van der Waals surface area contributed by atoms with Crippen LogP contribution in [-0.4, -0.2) is 53.1 Å². The monoisotopic (exact) mass is 442 g/mol. The summed E-state index contributed by atoms with van der Waals surface area (Å²) in [6.45, 7) is 9.23. The number of para-hydroxylation sites is 1. The van der Waals surface area contributed by atoms with Crippen molar-refractivity contribution in [3.8, 4) is 0 Å². The highest BCUT2D eigenvalue weighted by Crippen LogP contribution is 2.46. The number of aliphatic hydroxyl groups excluding tert-OH is 1. The lowest BCUT2D eigenvalue weighted by atomic mass is 9.69. The standard InChI is InChI=1S/C25H34N2O5/c1-6-17-11-12-18-20(19(17)25(31)32-7-2)24(30)27(16(5)13-28)22(18)23(29)26-21-14(3)9-8-10-15(21)4/h8-12,16-20,22,28H,6-7,13H2,1-5H3,(H,26,29)/t16-,17-,18+,19-,20+,22+/m1/s1. The number of fused-ring (bicyclic) bond motifs is 1. The van der Waals surface area contributed by atoms with Gasteiger partial charge in [0.1, 0.15) is 6.04 Å². The summed E-state index contributed by atoms with van der Waals surface area (Å²) in [5, 5.41) is 12.9. The van der Waals surface area contributed by atoms with Gasteiger partial charge in [-0.3, -0.25) is 14.4 Å². The van der Waals surface area contributed by atoms with Crippen molar-refractivity contribution in [2.75, 3.05) is 18.5 Å². The summed E-state index contributed by atoms with van der Waals surface area (Å²) < 4.78 is 5.32. The number of likely N-dealkylation sites (tertiary alicyclic amines) is 1. The molecule has 1 aromatic rings. The second-order valence-corrected chi connectivity index (χ2v) is 8.82. The van der Waals surface area contributed by atoms with Crippen molar-refractivity contribution in [2.24, 2.45) is 23.7 Å². The molecule has 0 saturated carbocycles. The van der Waals surface area contributed by atoms with Crippen LogP contribution in [0.2, 0.25) is 0 Å². The summed E-state index contributed by atoms with van der Waals surface area (Å²) in [6.07, 6.45) is 4.54. The van der Waals surface area contributed by atoms with Crippen LogP contribution >= 0.6 is 0 Å². The van der Waals surface area contributed by atoms with Crippen LogP contribution in [0.1, 0.15) is 38.3 Å². The van der Waals surface area contributed by atoms with Crippen molar-refractivity contribution in [2.45, 2.75) is 53.1 Å². The number of anilines is 1. The molecule has 1 heterocycles. The fourth-order valence-corrected chi connectivity index (χ4v) is 5.17. The number of nitrogens with one attached hydrogen (secondary N) is 1. The number of carbonyl (C=O) groups is 3. The first kappa shape index (κ1) is 24.0. The highest BCUT2D eigenvalue weighted by molar-refractivity contribution is 6.02. The first-order chi connectivity index (χ1) is 15.3. The molecule has 1 fully saturated rings. The zero-order valence-corrected chi connectivity index (χ0v) is 19.5. The molecule has 0 unspecified atom stereocenters. The van der Waals surface area contributed by atoms with Gasteiger partial charge in [-0.05, 0) is 51.2 Å². The Morgan fingerprint density at radius 3 is 2.41 bits per heavy atom. The molecule has 6 atom stereocenters. The third kappa shape index (κ3) is 4.18. The quantitative estimate of drug-likeness (QED) is 0.500. The Morgan fingerprint density at radius 1 is 1.19 bits per heavy atom. The van der Waals surface area contributed by atoms with Crippen LogP contribution in [0.25, 0.3) is 0 Å². The van der Waals surface area contributed by atoms with E-state index in [1.165, 1.54) is 4.90 Å². The molecule has 3 rings (SSSR count). The molecular weight excluding hydrogens is 408 g/mol. The number of hydrogen-bond acceptors (Lipinski definition) is 5. The van der Waals surface area contributed by atoms with E-state index in [-0.39, 0.29) is 30.9 Å². The van der Waals surface area contributed by atoms with E-state index in [4.69, 9.17) is 4.74 Å². The molecule has 7 nitrogen and oxygen atoms in total. The highest BCUT2D eigenvalue weighted by atomic mass is 16.5. The van der Waals surface area contributed by atoms with E-state index in [9.17, 15) is 19.5 Å². The van der Waals surface area contributed by atoms with E-state index in [1.807, 2.05) is 51.1 Å². The molecule has 0 aromatic heterocycles. The average Bonchev–Trinajstić information content (AvgIpc) is 3.07. The third-order valence-electron chi connectivity index (χ3n) is 6.81. The number of esters is 1. The van der Waals surface area contributed by atoms with Crippen molar-refractivity contribution in [3.05, 3.63) is 41.5 Å². The Morgan fingerprint density at radius 2 is 1.84 bits per heavy atom. The van der Waals surface area contributed by atoms with Gasteiger partial charge in [0, 0.05) is 11.6 Å². The molecule has 2 N–H and O–H groups in total. The smallest absolute Gasteiger partial charge is 0.310 e. The van der Waals surface area contributed by atoms with Gasteiger partial charge < -0.3 is 20.1 Å². The van der Waals surface area contributed by atoms with E-state index in [0.717, 1.165) is 16.8 Å². The van der Waals surface area contributed by atoms with Gasteiger partial charge in [-0.25, -0.2) is 0 Å². The third-order valence-corrected chi connectivity index (χ3v) is 6.81.